The number of ether oxygens (including phenoxy) is 1. The van der Waals surface area contributed by atoms with E-state index in [0.29, 0.717) is 0 Å². The predicted molar refractivity (Wildman–Crippen MR) is 84.7 cm³/mol. The fourth-order valence-corrected chi connectivity index (χ4v) is 2.12. The van der Waals surface area contributed by atoms with E-state index in [9.17, 15) is 4.79 Å². The summed E-state index contributed by atoms with van der Waals surface area (Å²) in [6, 6.07) is 18.4. The largest absolute Gasteiger partial charge is 0.486 e. The van der Waals surface area contributed by atoms with Crippen LogP contribution in [0.25, 0.3) is 0 Å². The van der Waals surface area contributed by atoms with Gasteiger partial charge in [-0.2, -0.15) is 0 Å². The van der Waals surface area contributed by atoms with Gasteiger partial charge in [-0.3, -0.25) is 4.79 Å². The Balaban J connectivity index is 1.63. The molecule has 21 heavy (non-hydrogen) atoms. The van der Waals surface area contributed by atoms with Crippen LogP contribution in [0.5, 0.6) is 5.75 Å². The van der Waals surface area contributed by atoms with E-state index in [0.717, 1.165) is 38.0 Å². The lowest BCUT2D eigenvalue weighted by Crippen LogP contribution is -2.20. The zero-order chi connectivity index (χ0) is 14.8. The van der Waals surface area contributed by atoms with Crippen molar-refractivity contribution in [1.29, 1.82) is 0 Å². The molecule has 0 saturated carbocycles. The molecule has 0 atom stereocenters. The number of hydrogen-bond donors (Lipinski definition) is 1. The minimum atomic E-state index is 0.111. The van der Waals surface area contributed by atoms with Crippen molar-refractivity contribution < 1.29 is 9.53 Å². The minimum Gasteiger partial charge on any atom is -0.486 e. The van der Waals surface area contributed by atoms with Gasteiger partial charge in [0.1, 0.15) is 12.4 Å². The maximum absolute atomic E-state index is 10.2. The lowest BCUT2D eigenvalue weighted by Gasteiger charge is -2.06. The molecule has 0 unspecified atom stereocenters. The lowest BCUT2D eigenvalue weighted by molar-refractivity contribution is -0.109. The van der Waals surface area contributed by atoms with Crippen molar-refractivity contribution in [3.8, 4) is 5.75 Å². The summed E-state index contributed by atoms with van der Waals surface area (Å²) in [6.07, 6.45) is 2.80. The van der Waals surface area contributed by atoms with E-state index >= 15 is 0 Å². The van der Waals surface area contributed by atoms with E-state index in [1.807, 2.05) is 30.3 Å². The van der Waals surface area contributed by atoms with Gasteiger partial charge >= 0.3 is 0 Å². The van der Waals surface area contributed by atoms with E-state index in [1.165, 1.54) is 11.1 Å². The SMILES string of the molecule is O=CCOc1ccc(CCNCCc2ccccc2)cc1. The maximum atomic E-state index is 10.2. The van der Waals surface area contributed by atoms with Gasteiger partial charge in [-0.1, -0.05) is 42.5 Å². The Hall–Kier alpha value is -2.13. The zero-order valence-electron chi connectivity index (χ0n) is 12.1. The second-order valence-corrected chi connectivity index (χ2v) is 4.86. The molecule has 0 aromatic heterocycles. The molecule has 0 aliphatic rings. The Kier molecular flexibility index (Phi) is 6.49. The molecular formula is C18H21NO2. The Bertz CT molecular complexity index is 523. The predicted octanol–water partition coefficient (Wildman–Crippen LogP) is 2.64. The van der Waals surface area contributed by atoms with Gasteiger partial charge < -0.3 is 10.1 Å². The number of benzene rings is 2. The number of aldehydes is 1. The first-order valence-electron chi connectivity index (χ1n) is 7.28. The van der Waals surface area contributed by atoms with Gasteiger partial charge in [0.05, 0.1) is 0 Å². The van der Waals surface area contributed by atoms with Crippen LogP contribution in [-0.4, -0.2) is 26.0 Å². The summed E-state index contributed by atoms with van der Waals surface area (Å²) in [6.45, 7) is 2.06. The molecule has 1 N–H and O–H groups in total. The van der Waals surface area contributed by atoms with Crippen LogP contribution in [0.4, 0.5) is 0 Å². The van der Waals surface area contributed by atoms with Gasteiger partial charge in [0.25, 0.3) is 0 Å². The van der Waals surface area contributed by atoms with E-state index in [1.54, 1.807) is 0 Å². The number of carbonyl (C=O) groups is 1. The minimum absolute atomic E-state index is 0.111. The van der Waals surface area contributed by atoms with Gasteiger partial charge in [0, 0.05) is 0 Å². The van der Waals surface area contributed by atoms with Gasteiger partial charge in [-0.25, -0.2) is 0 Å². The van der Waals surface area contributed by atoms with E-state index < -0.39 is 0 Å². The standard InChI is InChI=1S/C18H21NO2/c20-14-15-21-18-8-6-17(7-9-18)11-13-19-12-10-16-4-2-1-3-5-16/h1-9,14,19H,10-13,15H2. The number of carbonyl (C=O) groups excluding carboxylic acids is 1. The fraction of sp³-hybridized carbons (Fsp3) is 0.278. The van der Waals surface area contributed by atoms with Crippen LogP contribution in [0.15, 0.2) is 54.6 Å². The lowest BCUT2D eigenvalue weighted by atomic mass is 10.1. The van der Waals surface area contributed by atoms with Crippen LogP contribution in [0.2, 0.25) is 0 Å². The van der Waals surface area contributed by atoms with E-state index in [-0.39, 0.29) is 6.61 Å². The van der Waals surface area contributed by atoms with Gasteiger partial charge in [0.15, 0.2) is 6.29 Å². The van der Waals surface area contributed by atoms with Crippen molar-refractivity contribution in [3.63, 3.8) is 0 Å². The van der Waals surface area contributed by atoms with Crippen molar-refractivity contribution in [2.24, 2.45) is 0 Å². The van der Waals surface area contributed by atoms with Crippen LogP contribution in [0, 0.1) is 0 Å². The highest BCUT2D eigenvalue weighted by atomic mass is 16.5. The molecule has 0 amide bonds. The Labute approximate surface area is 126 Å². The third-order valence-corrected chi connectivity index (χ3v) is 3.27. The highest BCUT2D eigenvalue weighted by Crippen LogP contribution is 2.12. The van der Waals surface area contributed by atoms with E-state index in [4.69, 9.17) is 4.74 Å². The van der Waals surface area contributed by atoms with Crippen LogP contribution in [0.3, 0.4) is 0 Å². The first kappa shape index (κ1) is 15.3. The average molecular weight is 283 g/mol. The molecule has 3 heteroatoms. The van der Waals surface area contributed by atoms with Crippen molar-refractivity contribution in [3.05, 3.63) is 65.7 Å². The van der Waals surface area contributed by atoms with Crippen LogP contribution < -0.4 is 10.1 Å². The van der Waals surface area contributed by atoms with Crippen molar-refractivity contribution in [2.75, 3.05) is 19.7 Å². The Morgan fingerprint density at radius 2 is 1.48 bits per heavy atom. The fourth-order valence-electron chi connectivity index (χ4n) is 2.12. The molecule has 0 aliphatic carbocycles. The first-order chi connectivity index (χ1) is 10.4. The molecular weight excluding hydrogens is 262 g/mol. The second kappa shape index (κ2) is 8.93. The summed E-state index contributed by atoms with van der Waals surface area (Å²) in [7, 11) is 0. The Morgan fingerprint density at radius 3 is 2.10 bits per heavy atom. The van der Waals surface area contributed by atoms with Crippen LogP contribution in [0.1, 0.15) is 11.1 Å². The summed E-state index contributed by atoms with van der Waals surface area (Å²) in [5, 5.41) is 3.45. The summed E-state index contributed by atoms with van der Waals surface area (Å²) < 4.78 is 5.22. The third kappa shape index (κ3) is 5.79. The zero-order valence-corrected chi connectivity index (χ0v) is 12.1. The molecule has 0 radical (unpaired) electrons. The maximum Gasteiger partial charge on any atom is 0.157 e. The summed E-state index contributed by atoms with van der Waals surface area (Å²) >= 11 is 0. The smallest absolute Gasteiger partial charge is 0.157 e. The first-order valence-corrected chi connectivity index (χ1v) is 7.28. The number of hydrogen-bond acceptors (Lipinski definition) is 3. The molecule has 0 heterocycles. The summed E-state index contributed by atoms with van der Waals surface area (Å²) in [4.78, 5) is 10.2. The molecule has 2 aromatic carbocycles. The van der Waals surface area contributed by atoms with Crippen molar-refractivity contribution >= 4 is 6.29 Å². The third-order valence-electron chi connectivity index (χ3n) is 3.27. The Morgan fingerprint density at radius 1 is 0.857 bits per heavy atom. The van der Waals surface area contributed by atoms with Crippen molar-refractivity contribution in [2.45, 2.75) is 12.8 Å². The van der Waals surface area contributed by atoms with Crippen LogP contribution >= 0.6 is 0 Å². The topological polar surface area (TPSA) is 38.3 Å². The van der Waals surface area contributed by atoms with Crippen LogP contribution in [-0.2, 0) is 17.6 Å². The molecule has 0 spiro atoms. The molecule has 0 fully saturated rings. The number of rotatable bonds is 9. The summed E-state index contributed by atoms with van der Waals surface area (Å²) in [5.41, 5.74) is 2.63. The summed E-state index contributed by atoms with van der Waals surface area (Å²) in [5.74, 6) is 0.739. The molecule has 3 nitrogen and oxygen atoms in total. The molecule has 110 valence electrons. The monoisotopic (exact) mass is 283 g/mol. The molecule has 2 rings (SSSR count). The van der Waals surface area contributed by atoms with Gasteiger partial charge in [-0.05, 0) is 49.2 Å². The molecule has 0 saturated heterocycles. The molecule has 0 bridgehead atoms. The normalized spacial score (nSPS) is 10.3. The molecule has 2 aromatic rings. The quantitative estimate of drug-likeness (QED) is 0.568. The second-order valence-electron chi connectivity index (χ2n) is 4.86. The number of nitrogens with one attached hydrogen (secondary N) is 1. The molecule has 0 aliphatic heterocycles. The van der Waals surface area contributed by atoms with E-state index in [2.05, 4.69) is 29.6 Å². The van der Waals surface area contributed by atoms with Gasteiger partial charge in [0.2, 0.25) is 0 Å². The van der Waals surface area contributed by atoms with Crippen molar-refractivity contribution in [1.82, 2.24) is 5.32 Å². The average Bonchev–Trinajstić information content (AvgIpc) is 2.55. The highest BCUT2D eigenvalue weighted by Gasteiger charge is 1.96. The highest BCUT2D eigenvalue weighted by molar-refractivity contribution is 5.51. The van der Waals surface area contributed by atoms with Gasteiger partial charge in [-0.15, -0.1) is 0 Å².